The number of alkyl halides is 1. The molecule has 0 bridgehead atoms. The molecule has 2 rings (SSSR count). The summed E-state index contributed by atoms with van der Waals surface area (Å²) in [6.45, 7) is 0.327. The van der Waals surface area contributed by atoms with Crippen LogP contribution in [-0.4, -0.2) is 34.3 Å². The number of rotatable bonds is 4. The van der Waals surface area contributed by atoms with Crippen molar-refractivity contribution >= 4 is 54.6 Å². The van der Waals surface area contributed by atoms with Crippen LogP contribution in [0.2, 0.25) is 5.02 Å². The Kier molecular flexibility index (Phi) is 4.38. The van der Waals surface area contributed by atoms with Crippen LogP contribution >= 0.6 is 23.2 Å². The lowest BCUT2D eigenvalue weighted by Gasteiger charge is -2.19. The van der Waals surface area contributed by atoms with Gasteiger partial charge in [-0.2, -0.15) is 0 Å². The zero-order valence-electron chi connectivity index (χ0n) is 10.2. The molecule has 1 N–H and O–H groups in total. The van der Waals surface area contributed by atoms with Crippen molar-refractivity contribution in [2.24, 2.45) is 0 Å². The quantitative estimate of drug-likeness (QED) is 0.832. The minimum atomic E-state index is -3.65. The second kappa shape index (κ2) is 5.59. The van der Waals surface area contributed by atoms with Crippen molar-refractivity contribution in [3.05, 3.63) is 23.2 Å². The molecule has 20 heavy (non-hydrogen) atoms. The van der Waals surface area contributed by atoms with Crippen LogP contribution in [-0.2, 0) is 20.0 Å². The van der Waals surface area contributed by atoms with Crippen molar-refractivity contribution in [2.45, 2.75) is 6.42 Å². The SMILES string of the molecule is O=S(=O)(CCl)Nc1ccc(Cl)c(N2CCCS2(=O)=O)c1. The molecule has 0 radical (unpaired) electrons. The van der Waals surface area contributed by atoms with E-state index in [9.17, 15) is 16.8 Å². The van der Waals surface area contributed by atoms with Crippen LogP contribution in [0, 0.1) is 0 Å². The van der Waals surface area contributed by atoms with E-state index >= 15 is 0 Å². The number of hydrogen-bond donors (Lipinski definition) is 1. The molecule has 0 saturated carbocycles. The van der Waals surface area contributed by atoms with E-state index < -0.39 is 25.3 Å². The van der Waals surface area contributed by atoms with E-state index in [4.69, 9.17) is 23.2 Å². The molecule has 112 valence electrons. The Labute approximate surface area is 127 Å². The summed E-state index contributed by atoms with van der Waals surface area (Å²) >= 11 is 11.3. The van der Waals surface area contributed by atoms with E-state index in [-0.39, 0.29) is 22.2 Å². The standard InChI is InChI=1S/C10H12Cl2N2O4S2/c11-7-19(15,16)13-8-2-3-9(12)10(6-8)14-4-1-5-20(14,17)18/h2-3,6,13H,1,4-5,7H2. The van der Waals surface area contributed by atoms with Gasteiger partial charge < -0.3 is 0 Å². The zero-order valence-corrected chi connectivity index (χ0v) is 13.4. The molecule has 1 aromatic carbocycles. The van der Waals surface area contributed by atoms with Gasteiger partial charge in [-0.3, -0.25) is 9.03 Å². The second-order valence-electron chi connectivity index (χ2n) is 4.23. The van der Waals surface area contributed by atoms with Crippen molar-refractivity contribution in [1.82, 2.24) is 0 Å². The molecular formula is C10H12Cl2N2O4S2. The lowest BCUT2D eigenvalue weighted by molar-refractivity contribution is 0.599. The molecule has 0 amide bonds. The number of hydrogen-bond acceptors (Lipinski definition) is 4. The molecule has 1 aromatic rings. The molecule has 0 unspecified atom stereocenters. The largest absolute Gasteiger partial charge is 0.282 e. The average molecular weight is 359 g/mol. The number of anilines is 2. The van der Waals surface area contributed by atoms with Crippen LogP contribution in [0.4, 0.5) is 11.4 Å². The molecule has 1 aliphatic rings. The van der Waals surface area contributed by atoms with Crippen molar-refractivity contribution in [2.75, 3.05) is 26.5 Å². The molecule has 6 nitrogen and oxygen atoms in total. The van der Waals surface area contributed by atoms with Crippen LogP contribution in [0.15, 0.2) is 18.2 Å². The molecule has 0 atom stereocenters. The fraction of sp³-hybridized carbons (Fsp3) is 0.400. The lowest BCUT2D eigenvalue weighted by Crippen LogP contribution is -2.25. The minimum absolute atomic E-state index is 0.0565. The number of halogens is 2. The lowest BCUT2D eigenvalue weighted by atomic mass is 10.3. The molecule has 0 aromatic heterocycles. The Morgan fingerprint density at radius 1 is 1.35 bits per heavy atom. The first-order valence-corrected chi connectivity index (χ1v) is 9.79. The van der Waals surface area contributed by atoms with Crippen LogP contribution in [0.1, 0.15) is 6.42 Å². The van der Waals surface area contributed by atoms with Crippen LogP contribution in [0.25, 0.3) is 0 Å². The molecule has 0 aliphatic carbocycles. The Morgan fingerprint density at radius 2 is 2.05 bits per heavy atom. The summed E-state index contributed by atoms with van der Waals surface area (Å²) in [5.74, 6) is 0.0565. The van der Waals surface area contributed by atoms with Gasteiger partial charge in [0.15, 0.2) is 0 Å². The van der Waals surface area contributed by atoms with E-state index in [2.05, 4.69) is 4.72 Å². The summed E-state index contributed by atoms with van der Waals surface area (Å²) in [5.41, 5.74) is 0.478. The van der Waals surface area contributed by atoms with Crippen molar-refractivity contribution in [3.8, 4) is 0 Å². The summed E-state index contributed by atoms with van der Waals surface area (Å²) in [4.78, 5) is 0. The second-order valence-corrected chi connectivity index (χ2v) is 8.96. The summed E-state index contributed by atoms with van der Waals surface area (Å²) in [6, 6.07) is 4.27. The maximum absolute atomic E-state index is 11.9. The fourth-order valence-corrected chi connectivity index (χ4v) is 4.43. The molecule has 0 spiro atoms. The van der Waals surface area contributed by atoms with Crippen molar-refractivity contribution in [3.63, 3.8) is 0 Å². The zero-order chi connectivity index (χ0) is 15.0. The normalized spacial score (nSPS) is 18.2. The highest BCUT2D eigenvalue weighted by molar-refractivity contribution is 7.93. The van der Waals surface area contributed by atoms with Crippen LogP contribution in [0.3, 0.4) is 0 Å². The summed E-state index contributed by atoms with van der Waals surface area (Å²) in [7, 11) is -7.03. The Morgan fingerprint density at radius 3 is 2.60 bits per heavy atom. The van der Waals surface area contributed by atoms with E-state index in [1.807, 2.05) is 0 Å². The molecule has 10 heteroatoms. The first-order chi connectivity index (χ1) is 9.25. The van der Waals surface area contributed by atoms with Gasteiger partial charge in [-0.25, -0.2) is 16.8 Å². The number of nitrogens with one attached hydrogen (secondary N) is 1. The summed E-state index contributed by atoms with van der Waals surface area (Å²) < 4.78 is 50.0. The third kappa shape index (κ3) is 3.30. The topological polar surface area (TPSA) is 83.6 Å². The maximum atomic E-state index is 11.9. The van der Waals surface area contributed by atoms with E-state index in [1.165, 1.54) is 22.5 Å². The fourth-order valence-electron chi connectivity index (χ4n) is 1.88. The van der Waals surface area contributed by atoms with Gasteiger partial charge in [0.05, 0.1) is 22.2 Å². The highest BCUT2D eigenvalue weighted by atomic mass is 35.5. The third-order valence-corrected chi connectivity index (χ3v) is 6.60. The van der Waals surface area contributed by atoms with Gasteiger partial charge in [-0.1, -0.05) is 11.6 Å². The van der Waals surface area contributed by atoms with Gasteiger partial charge in [0, 0.05) is 6.54 Å². The van der Waals surface area contributed by atoms with Gasteiger partial charge in [-0.15, -0.1) is 11.6 Å². The first-order valence-electron chi connectivity index (χ1n) is 5.61. The highest BCUT2D eigenvalue weighted by Gasteiger charge is 2.30. The molecule has 1 fully saturated rings. The highest BCUT2D eigenvalue weighted by Crippen LogP contribution is 2.33. The average Bonchev–Trinajstić information content (AvgIpc) is 2.71. The van der Waals surface area contributed by atoms with Crippen LogP contribution < -0.4 is 9.03 Å². The van der Waals surface area contributed by atoms with Crippen molar-refractivity contribution < 1.29 is 16.8 Å². The molecule has 1 saturated heterocycles. The molecule has 1 aliphatic heterocycles. The van der Waals surface area contributed by atoms with Gasteiger partial charge >= 0.3 is 0 Å². The smallest absolute Gasteiger partial charge is 0.246 e. The molecular weight excluding hydrogens is 347 g/mol. The Balaban J connectivity index is 2.40. The molecule has 1 heterocycles. The van der Waals surface area contributed by atoms with Crippen molar-refractivity contribution in [1.29, 1.82) is 0 Å². The van der Waals surface area contributed by atoms with E-state index in [0.717, 1.165) is 0 Å². The van der Waals surface area contributed by atoms with Crippen LogP contribution in [0.5, 0.6) is 0 Å². The summed E-state index contributed by atoms with van der Waals surface area (Å²) in [5, 5.41) is -0.350. The number of benzene rings is 1. The maximum Gasteiger partial charge on any atom is 0.246 e. The predicted octanol–water partition coefficient (Wildman–Crippen LogP) is 1.82. The van der Waals surface area contributed by atoms with Gasteiger partial charge in [-0.05, 0) is 24.6 Å². The number of sulfonamides is 2. The predicted molar refractivity (Wildman–Crippen MR) is 80.5 cm³/mol. The Bertz CT molecular complexity index is 719. The van der Waals surface area contributed by atoms with Gasteiger partial charge in [0.25, 0.3) is 0 Å². The third-order valence-electron chi connectivity index (χ3n) is 2.73. The van der Waals surface area contributed by atoms with Gasteiger partial charge in [0.1, 0.15) is 5.21 Å². The monoisotopic (exact) mass is 358 g/mol. The number of nitrogens with zero attached hydrogens (tertiary/aromatic N) is 1. The first kappa shape index (κ1) is 15.7. The van der Waals surface area contributed by atoms with E-state index in [0.29, 0.717) is 13.0 Å². The summed E-state index contributed by atoms with van der Waals surface area (Å²) in [6.07, 6.45) is 0.510. The Hall–Kier alpha value is -0.700. The van der Waals surface area contributed by atoms with E-state index in [1.54, 1.807) is 0 Å². The minimum Gasteiger partial charge on any atom is -0.282 e. The van der Waals surface area contributed by atoms with Gasteiger partial charge in [0.2, 0.25) is 20.0 Å².